The van der Waals surface area contributed by atoms with E-state index in [1.54, 1.807) is 18.2 Å². The molecule has 0 aliphatic heterocycles. The van der Waals surface area contributed by atoms with Gasteiger partial charge in [0.2, 0.25) is 5.91 Å². The number of H-pyrrole nitrogens is 1. The quantitative estimate of drug-likeness (QED) is 0.814. The number of nitrogens with zero attached hydrogens (tertiary/aromatic N) is 2. The van der Waals surface area contributed by atoms with Crippen molar-refractivity contribution >= 4 is 40.8 Å². The van der Waals surface area contributed by atoms with Gasteiger partial charge in [-0.3, -0.25) is 10.5 Å². The van der Waals surface area contributed by atoms with E-state index in [4.69, 9.17) is 27.9 Å². The first-order chi connectivity index (χ1) is 11.5. The van der Waals surface area contributed by atoms with Gasteiger partial charge in [0.25, 0.3) is 5.82 Å². The lowest BCUT2D eigenvalue weighted by Crippen LogP contribution is -2.20. The Morgan fingerprint density at radius 1 is 1.38 bits per heavy atom. The largest absolute Gasteiger partial charge is 0.325 e. The predicted octanol–water partition coefficient (Wildman–Crippen LogP) is 2.52. The fraction of sp³-hybridized carbons (Fsp3) is 0.125. The average molecular weight is 359 g/mol. The number of pyridine rings is 1. The smallest absolute Gasteiger partial charge is 0.289 e. The van der Waals surface area contributed by atoms with Crippen molar-refractivity contribution in [2.24, 2.45) is 0 Å². The minimum Gasteiger partial charge on any atom is -0.325 e. The molecule has 0 bridgehead atoms. The number of hydrogen-bond acceptors (Lipinski definition) is 5. The molecule has 2 aromatic rings. The minimum absolute atomic E-state index is 0.0719. The highest BCUT2D eigenvalue weighted by Crippen LogP contribution is 2.24. The molecule has 6 nitrogen and oxygen atoms in total. The summed E-state index contributed by atoms with van der Waals surface area (Å²) in [5.74, 6) is -0.0154. The highest BCUT2D eigenvalue weighted by atomic mass is 35.5. The lowest BCUT2D eigenvalue weighted by Gasteiger charge is -2.09. The molecule has 0 atom stereocenters. The van der Waals surface area contributed by atoms with E-state index < -0.39 is 0 Å². The highest BCUT2D eigenvalue weighted by Gasteiger charge is 2.16. The maximum Gasteiger partial charge on any atom is 0.289 e. The number of carbonyl (C=O) groups is 1. The van der Waals surface area contributed by atoms with Crippen molar-refractivity contribution in [3.05, 3.63) is 46.0 Å². The molecule has 4 N–H and O–H groups in total. The Balaban J connectivity index is 2.10. The van der Waals surface area contributed by atoms with Crippen molar-refractivity contribution in [2.45, 2.75) is 11.9 Å². The third-order valence-corrected chi connectivity index (χ3v) is 4.63. The molecule has 1 aromatic carbocycles. The van der Waals surface area contributed by atoms with E-state index in [0.29, 0.717) is 15.7 Å². The van der Waals surface area contributed by atoms with Crippen LogP contribution in [0.1, 0.15) is 16.7 Å². The van der Waals surface area contributed by atoms with Gasteiger partial charge in [0.05, 0.1) is 5.75 Å². The van der Waals surface area contributed by atoms with Gasteiger partial charge in [-0.05, 0) is 30.7 Å². The van der Waals surface area contributed by atoms with Crippen molar-refractivity contribution < 1.29 is 9.78 Å². The average Bonchev–Trinajstić information content (AvgIpc) is 2.57. The number of anilines is 2. The first-order valence-electron chi connectivity index (χ1n) is 6.80. The van der Waals surface area contributed by atoms with Crippen LogP contribution in [0.2, 0.25) is 5.02 Å². The summed E-state index contributed by atoms with van der Waals surface area (Å²) in [5, 5.41) is 21.8. The Labute approximate surface area is 148 Å². The molecular weight excluding hydrogens is 346 g/mol. The van der Waals surface area contributed by atoms with E-state index in [1.165, 1.54) is 6.07 Å². The molecule has 0 aliphatic rings. The number of halogens is 1. The van der Waals surface area contributed by atoms with Crippen LogP contribution in [-0.4, -0.2) is 11.7 Å². The standard InChI is InChI=1S/C16H12ClN5OS/c1-9-12(17)3-2-4-13(9)21-14(23)8-24-16-11(7-19)5-10(6-18)15(20)22-16/h2-5H,8H2,1H3,(H2,20,22)(H,21,23)/p+1. The molecule has 0 radical (unpaired) electrons. The molecule has 1 aromatic heterocycles. The van der Waals surface area contributed by atoms with Crippen LogP contribution in [0.4, 0.5) is 11.5 Å². The second-order valence-electron chi connectivity index (χ2n) is 4.81. The fourth-order valence-corrected chi connectivity index (χ4v) is 2.87. The van der Waals surface area contributed by atoms with Gasteiger partial charge in [-0.25, -0.2) is 4.98 Å². The summed E-state index contributed by atoms with van der Waals surface area (Å²) in [7, 11) is 0. The summed E-state index contributed by atoms with van der Waals surface area (Å²) in [6, 6.07) is 10.5. The number of aromatic amines is 1. The van der Waals surface area contributed by atoms with E-state index in [1.807, 2.05) is 19.1 Å². The molecule has 0 saturated heterocycles. The number of nitriles is 2. The first kappa shape index (κ1) is 17.6. The van der Waals surface area contributed by atoms with E-state index in [2.05, 4.69) is 10.3 Å². The van der Waals surface area contributed by atoms with Gasteiger partial charge >= 0.3 is 0 Å². The van der Waals surface area contributed by atoms with Crippen LogP contribution in [0.5, 0.6) is 0 Å². The Hall–Kier alpha value is -2.74. The summed E-state index contributed by atoms with van der Waals surface area (Å²) in [5.41, 5.74) is 7.58. The number of thioether (sulfide) groups is 1. The highest BCUT2D eigenvalue weighted by molar-refractivity contribution is 7.99. The summed E-state index contributed by atoms with van der Waals surface area (Å²) in [4.78, 5) is 14.9. The molecule has 8 heteroatoms. The first-order valence-corrected chi connectivity index (χ1v) is 8.16. The molecule has 1 heterocycles. The van der Waals surface area contributed by atoms with Crippen molar-refractivity contribution in [3.63, 3.8) is 0 Å². The maximum atomic E-state index is 12.1. The molecule has 0 fully saturated rings. The van der Waals surface area contributed by atoms with Crippen LogP contribution in [0.25, 0.3) is 0 Å². The monoisotopic (exact) mass is 358 g/mol. The van der Waals surface area contributed by atoms with Gasteiger partial charge in [0.1, 0.15) is 23.3 Å². The zero-order valence-electron chi connectivity index (χ0n) is 12.7. The second kappa shape index (κ2) is 7.69. The number of benzene rings is 1. The van der Waals surface area contributed by atoms with Gasteiger partial charge in [-0.2, -0.15) is 10.5 Å². The number of rotatable bonds is 4. The maximum absolute atomic E-state index is 12.1. The van der Waals surface area contributed by atoms with Gasteiger partial charge < -0.3 is 5.32 Å². The minimum atomic E-state index is -0.245. The third-order valence-electron chi connectivity index (χ3n) is 3.20. The van der Waals surface area contributed by atoms with E-state index >= 15 is 0 Å². The summed E-state index contributed by atoms with van der Waals surface area (Å²) in [6.07, 6.45) is 0. The zero-order valence-corrected chi connectivity index (χ0v) is 14.3. The van der Waals surface area contributed by atoms with Crippen LogP contribution in [0, 0.1) is 29.6 Å². The SMILES string of the molecule is Cc1c(Cl)cccc1NC(=O)CSc1[nH+]c(N)c(C#N)cc1C#N. The van der Waals surface area contributed by atoms with E-state index in [0.717, 1.165) is 17.3 Å². The summed E-state index contributed by atoms with van der Waals surface area (Å²) >= 11 is 7.15. The number of nitrogens with one attached hydrogen (secondary N) is 2. The van der Waals surface area contributed by atoms with Gasteiger partial charge in [-0.1, -0.05) is 29.4 Å². The van der Waals surface area contributed by atoms with Crippen molar-refractivity contribution in [1.82, 2.24) is 0 Å². The Morgan fingerprint density at radius 3 is 2.75 bits per heavy atom. The van der Waals surface area contributed by atoms with E-state index in [9.17, 15) is 4.79 Å². The van der Waals surface area contributed by atoms with Crippen LogP contribution in [0.3, 0.4) is 0 Å². The van der Waals surface area contributed by atoms with Crippen molar-refractivity contribution in [1.29, 1.82) is 10.5 Å². The van der Waals surface area contributed by atoms with Crippen molar-refractivity contribution in [3.8, 4) is 12.1 Å². The summed E-state index contributed by atoms with van der Waals surface area (Å²) in [6.45, 7) is 1.81. The number of carbonyl (C=O) groups excluding carboxylic acids is 1. The number of hydrogen-bond donors (Lipinski definition) is 2. The summed E-state index contributed by atoms with van der Waals surface area (Å²) < 4.78 is 0. The number of aromatic nitrogens is 1. The molecule has 120 valence electrons. The Bertz CT molecular complexity index is 885. The Kier molecular flexibility index (Phi) is 5.64. The lowest BCUT2D eigenvalue weighted by atomic mass is 10.2. The number of nitrogen functional groups attached to an aromatic ring is 1. The molecule has 0 spiro atoms. The fourth-order valence-electron chi connectivity index (χ4n) is 1.90. The van der Waals surface area contributed by atoms with E-state index in [-0.39, 0.29) is 28.6 Å². The van der Waals surface area contributed by atoms with Gasteiger partial charge in [0.15, 0.2) is 5.03 Å². The van der Waals surface area contributed by atoms with Crippen LogP contribution in [-0.2, 0) is 4.79 Å². The number of amides is 1. The molecule has 0 unspecified atom stereocenters. The molecule has 1 amide bonds. The molecule has 24 heavy (non-hydrogen) atoms. The molecule has 2 rings (SSSR count). The number of nitrogens with two attached hydrogens (primary N) is 1. The normalized spacial score (nSPS) is 9.83. The predicted molar refractivity (Wildman–Crippen MR) is 92.4 cm³/mol. The lowest BCUT2D eigenvalue weighted by molar-refractivity contribution is -0.410. The molecule has 0 aliphatic carbocycles. The van der Waals surface area contributed by atoms with Crippen LogP contribution < -0.4 is 16.0 Å². The van der Waals surface area contributed by atoms with Gasteiger partial charge in [0, 0.05) is 10.7 Å². The second-order valence-corrected chi connectivity index (χ2v) is 6.21. The third kappa shape index (κ3) is 3.96. The van der Waals surface area contributed by atoms with Crippen LogP contribution in [0.15, 0.2) is 29.3 Å². The zero-order chi connectivity index (χ0) is 17.7. The molecule has 0 saturated carbocycles. The molecular formula is C16H13ClN5OS+. The van der Waals surface area contributed by atoms with Gasteiger partial charge in [-0.15, -0.1) is 0 Å². The Morgan fingerprint density at radius 2 is 2.08 bits per heavy atom. The topological polar surface area (TPSA) is 117 Å². The van der Waals surface area contributed by atoms with Crippen LogP contribution >= 0.6 is 23.4 Å². The van der Waals surface area contributed by atoms with Crippen molar-refractivity contribution in [2.75, 3.05) is 16.8 Å².